The minimum atomic E-state index is -4.82. The van der Waals surface area contributed by atoms with Gasteiger partial charge in [-0.2, -0.15) is 13.2 Å². The summed E-state index contributed by atoms with van der Waals surface area (Å²) in [4.78, 5) is 40.7. The van der Waals surface area contributed by atoms with Gasteiger partial charge in [0.2, 0.25) is 5.91 Å². The largest absolute Gasteiger partial charge is 0.481 e. The van der Waals surface area contributed by atoms with Crippen LogP contribution < -0.4 is 10.9 Å². The number of nitrogens with zero attached hydrogens (tertiary/aromatic N) is 2. The minimum Gasteiger partial charge on any atom is -0.481 e. The second kappa shape index (κ2) is 14.4. The molecule has 45 heavy (non-hydrogen) atoms. The summed E-state index contributed by atoms with van der Waals surface area (Å²) in [5, 5.41) is 12.1. The van der Waals surface area contributed by atoms with Gasteiger partial charge in [-0.15, -0.1) is 0 Å². The van der Waals surface area contributed by atoms with Crippen LogP contribution in [0.15, 0.2) is 47.4 Å². The van der Waals surface area contributed by atoms with Crippen molar-refractivity contribution >= 4 is 11.9 Å². The number of carbonyl (C=O) groups excluding carboxylic acids is 1. The molecule has 0 spiro atoms. The first-order chi connectivity index (χ1) is 20.9. The Balaban J connectivity index is 2.14. The molecular weight excluding hydrogens is 597 g/mol. The predicted octanol–water partition coefficient (Wildman–Crippen LogP) is 6.45. The molecule has 3 rings (SSSR count). The molecule has 0 aliphatic carbocycles. The second-order valence-electron chi connectivity index (χ2n) is 11.9. The lowest BCUT2D eigenvalue weighted by Crippen LogP contribution is -2.40. The van der Waals surface area contributed by atoms with E-state index in [-0.39, 0.29) is 23.5 Å². The summed E-state index contributed by atoms with van der Waals surface area (Å²) < 4.78 is 73.3. The van der Waals surface area contributed by atoms with Crippen molar-refractivity contribution in [3.8, 4) is 11.1 Å². The van der Waals surface area contributed by atoms with E-state index in [2.05, 4.69) is 5.32 Å². The van der Waals surface area contributed by atoms with Crippen molar-refractivity contribution in [1.29, 1.82) is 0 Å². The van der Waals surface area contributed by atoms with Gasteiger partial charge >= 0.3 is 12.1 Å². The van der Waals surface area contributed by atoms with E-state index < -0.39 is 70.4 Å². The summed E-state index contributed by atoms with van der Waals surface area (Å²) in [5.74, 6) is -5.43. The molecule has 244 valence electrons. The summed E-state index contributed by atoms with van der Waals surface area (Å²) in [6.45, 7) is 7.46. The highest BCUT2D eigenvalue weighted by molar-refractivity contribution is 5.82. The molecule has 0 aliphatic heterocycles. The summed E-state index contributed by atoms with van der Waals surface area (Å²) in [5.41, 5.74) is -1.27. The normalized spacial score (nSPS) is 13.3. The number of benzene rings is 2. The zero-order valence-electron chi connectivity index (χ0n) is 26.1. The third kappa shape index (κ3) is 8.78. The molecule has 0 bridgehead atoms. The minimum absolute atomic E-state index is 0.114. The SMILES string of the molecule is Cc1cc(=O)n(C(CC(C)C)C(=O)NC(CC(=O)O)c2cc(-c3c(C)cccc3C(F)(F)F)cc(F)c2F)cc1CCN(C)C. The molecular formula is C33H38F5N3O4. The van der Waals surface area contributed by atoms with Crippen molar-refractivity contribution in [3.05, 3.63) is 92.4 Å². The van der Waals surface area contributed by atoms with Crippen molar-refractivity contribution < 1.29 is 36.6 Å². The zero-order chi connectivity index (χ0) is 33.8. The van der Waals surface area contributed by atoms with Gasteiger partial charge in [-0.3, -0.25) is 14.4 Å². The van der Waals surface area contributed by atoms with Crippen molar-refractivity contribution in [2.75, 3.05) is 20.6 Å². The highest BCUT2D eigenvalue weighted by Crippen LogP contribution is 2.40. The first-order valence-corrected chi connectivity index (χ1v) is 14.4. The van der Waals surface area contributed by atoms with E-state index in [4.69, 9.17) is 0 Å². The third-order valence-corrected chi connectivity index (χ3v) is 7.55. The van der Waals surface area contributed by atoms with Crippen LogP contribution in [0, 0.1) is 31.4 Å². The number of pyridine rings is 1. The standard InChI is InChI=1S/C33H38F5N3O4/c1-18(2)12-27(41-17-21(10-11-40(5)6)20(4)13-28(41)42)32(45)39-26(16-29(43)44)23-14-22(15-25(34)31(23)35)30-19(3)8-7-9-24(30)33(36,37)38/h7-9,13-15,17-18,26-27H,10-12,16H2,1-6H3,(H,39,45)(H,43,44). The molecule has 2 atom stereocenters. The number of halogens is 5. The molecule has 0 saturated heterocycles. The molecule has 2 N–H and O–H groups in total. The molecule has 1 aromatic heterocycles. The van der Waals surface area contributed by atoms with Gasteiger partial charge in [0.25, 0.3) is 5.56 Å². The van der Waals surface area contributed by atoms with Crippen LogP contribution in [0.4, 0.5) is 22.0 Å². The number of carboxylic acid groups (broad SMARTS) is 1. The number of aryl methyl sites for hydroxylation is 2. The van der Waals surface area contributed by atoms with Crippen LogP contribution >= 0.6 is 0 Å². The first kappa shape index (κ1) is 35.4. The second-order valence-corrected chi connectivity index (χ2v) is 11.9. The summed E-state index contributed by atoms with van der Waals surface area (Å²) >= 11 is 0. The molecule has 3 aromatic rings. The van der Waals surface area contributed by atoms with E-state index in [0.29, 0.717) is 19.0 Å². The molecule has 1 heterocycles. The van der Waals surface area contributed by atoms with Gasteiger partial charge in [0.1, 0.15) is 6.04 Å². The lowest BCUT2D eigenvalue weighted by atomic mass is 9.91. The van der Waals surface area contributed by atoms with Gasteiger partial charge in [-0.05, 0) is 92.7 Å². The van der Waals surface area contributed by atoms with E-state index in [9.17, 15) is 32.7 Å². The molecule has 0 saturated carbocycles. The number of aromatic nitrogens is 1. The van der Waals surface area contributed by atoms with Gasteiger partial charge in [-0.1, -0.05) is 26.0 Å². The Morgan fingerprint density at radius 1 is 1.04 bits per heavy atom. The summed E-state index contributed by atoms with van der Waals surface area (Å²) in [6, 6.07) is 3.50. The number of rotatable bonds is 12. The molecule has 0 aliphatic rings. The maximum Gasteiger partial charge on any atom is 0.417 e. The number of alkyl halides is 3. The number of carbonyl (C=O) groups is 2. The fraction of sp³-hybridized carbons (Fsp3) is 0.424. The molecule has 7 nitrogen and oxygen atoms in total. The Morgan fingerprint density at radius 3 is 2.29 bits per heavy atom. The van der Waals surface area contributed by atoms with Crippen LogP contribution in [-0.2, 0) is 22.2 Å². The average Bonchev–Trinajstić information content (AvgIpc) is 2.91. The molecule has 0 fully saturated rings. The van der Waals surface area contributed by atoms with E-state index >= 15 is 8.78 Å². The van der Waals surface area contributed by atoms with Crippen molar-refractivity contribution in [3.63, 3.8) is 0 Å². The maximum atomic E-state index is 15.3. The monoisotopic (exact) mass is 635 g/mol. The molecule has 2 unspecified atom stereocenters. The van der Waals surface area contributed by atoms with Gasteiger partial charge < -0.3 is 19.9 Å². The Morgan fingerprint density at radius 2 is 1.71 bits per heavy atom. The van der Waals surface area contributed by atoms with Crippen molar-refractivity contribution in [2.45, 2.75) is 65.2 Å². The fourth-order valence-corrected chi connectivity index (χ4v) is 5.31. The van der Waals surface area contributed by atoms with Crippen LogP contribution in [0.5, 0.6) is 0 Å². The Hall–Kier alpha value is -4.06. The van der Waals surface area contributed by atoms with Gasteiger partial charge in [0.15, 0.2) is 11.6 Å². The van der Waals surface area contributed by atoms with Gasteiger partial charge in [-0.25, -0.2) is 8.78 Å². The van der Waals surface area contributed by atoms with Crippen LogP contribution in [0.1, 0.15) is 66.6 Å². The lowest BCUT2D eigenvalue weighted by molar-refractivity contribution is -0.138. The van der Waals surface area contributed by atoms with E-state index in [1.165, 1.54) is 29.7 Å². The molecule has 12 heteroatoms. The summed E-state index contributed by atoms with van der Waals surface area (Å²) in [7, 11) is 3.78. The average molecular weight is 636 g/mol. The predicted molar refractivity (Wildman–Crippen MR) is 161 cm³/mol. The number of amides is 1. The summed E-state index contributed by atoms with van der Waals surface area (Å²) in [6.07, 6.45) is -3.42. The smallest absolute Gasteiger partial charge is 0.417 e. The molecule has 2 aromatic carbocycles. The zero-order valence-corrected chi connectivity index (χ0v) is 26.1. The Labute approximate surface area is 258 Å². The van der Waals surface area contributed by atoms with Crippen molar-refractivity contribution in [1.82, 2.24) is 14.8 Å². The van der Waals surface area contributed by atoms with Crippen LogP contribution in [0.3, 0.4) is 0 Å². The van der Waals surface area contributed by atoms with E-state index in [1.54, 1.807) is 13.1 Å². The van der Waals surface area contributed by atoms with Crippen LogP contribution in [-0.4, -0.2) is 47.1 Å². The van der Waals surface area contributed by atoms with Gasteiger partial charge in [0.05, 0.1) is 18.0 Å². The Bertz CT molecular complexity index is 1620. The highest BCUT2D eigenvalue weighted by Gasteiger charge is 2.35. The highest BCUT2D eigenvalue weighted by atomic mass is 19.4. The van der Waals surface area contributed by atoms with Crippen LogP contribution in [0.25, 0.3) is 11.1 Å². The Kier molecular flexibility index (Phi) is 11.3. The van der Waals surface area contributed by atoms with Crippen LogP contribution in [0.2, 0.25) is 0 Å². The first-order valence-electron chi connectivity index (χ1n) is 14.4. The molecule has 0 radical (unpaired) electrons. The topological polar surface area (TPSA) is 91.6 Å². The maximum absolute atomic E-state index is 15.3. The lowest BCUT2D eigenvalue weighted by Gasteiger charge is -2.26. The number of aliphatic carboxylic acids is 1. The third-order valence-electron chi connectivity index (χ3n) is 7.55. The number of carboxylic acids is 1. The number of hydrogen-bond acceptors (Lipinski definition) is 4. The van der Waals surface area contributed by atoms with E-state index in [0.717, 1.165) is 23.3 Å². The number of hydrogen-bond donors (Lipinski definition) is 2. The van der Waals surface area contributed by atoms with Gasteiger partial charge in [0, 0.05) is 24.4 Å². The fourth-order valence-electron chi connectivity index (χ4n) is 5.31. The number of nitrogens with one attached hydrogen (secondary N) is 1. The molecule has 1 amide bonds. The number of likely N-dealkylation sites (N-methyl/N-ethyl adjacent to an activating group) is 1. The van der Waals surface area contributed by atoms with E-state index in [1.807, 2.05) is 32.8 Å². The quantitative estimate of drug-likeness (QED) is 0.223. The van der Waals surface area contributed by atoms with Crippen molar-refractivity contribution in [2.24, 2.45) is 5.92 Å².